The quantitative estimate of drug-likeness (QED) is 0.747. The van der Waals surface area contributed by atoms with Gasteiger partial charge in [-0.15, -0.1) is 0 Å². The van der Waals surface area contributed by atoms with E-state index < -0.39 is 0 Å². The van der Waals surface area contributed by atoms with Crippen LogP contribution in [0.1, 0.15) is 35.2 Å². The molecule has 2 heteroatoms. The van der Waals surface area contributed by atoms with Crippen molar-refractivity contribution in [3.63, 3.8) is 0 Å². The van der Waals surface area contributed by atoms with Gasteiger partial charge in [0.15, 0.2) is 0 Å². The van der Waals surface area contributed by atoms with Crippen molar-refractivity contribution >= 4 is 15.9 Å². The van der Waals surface area contributed by atoms with Crippen LogP contribution in [0, 0.1) is 24.7 Å². The zero-order valence-corrected chi connectivity index (χ0v) is 12.0. The molecular formula is C15H19BrO. The minimum absolute atomic E-state index is 0.544. The molecule has 1 aromatic carbocycles. The van der Waals surface area contributed by atoms with E-state index in [1.165, 1.54) is 30.4 Å². The summed E-state index contributed by atoms with van der Waals surface area (Å²) in [4.78, 5) is 0.544. The number of methoxy groups -OCH3 is 1. The van der Waals surface area contributed by atoms with Crippen molar-refractivity contribution in [2.75, 3.05) is 7.11 Å². The number of benzene rings is 1. The van der Waals surface area contributed by atoms with E-state index in [-0.39, 0.29) is 0 Å². The van der Waals surface area contributed by atoms with Gasteiger partial charge in [0.25, 0.3) is 0 Å². The third-order valence-corrected chi connectivity index (χ3v) is 5.69. The van der Waals surface area contributed by atoms with Gasteiger partial charge in [0, 0.05) is 4.83 Å². The lowest BCUT2D eigenvalue weighted by atomic mass is 10.0. The van der Waals surface area contributed by atoms with Crippen molar-refractivity contribution in [1.82, 2.24) is 0 Å². The van der Waals surface area contributed by atoms with Crippen LogP contribution in [-0.4, -0.2) is 7.11 Å². The zero-order chi connectivity index (χ0) is 12.0. The fourth-order valence-electron chi connectivity index (χ4n) is 3.61. The molecule has 0 saturated heterocycles. The van der Waals surface area contributed by atoms with Gasteiger partial charge in [-0.05, 0) is 54.7 Å². The normalized spacial score (nSPS) is 32.1. The number of fused-ring (bicyclic) bond motifs is 1. The molecule has 17 heavy (non-hydrogen) atoms. The van der Waals surface area contributed by atoms with E-state index in [0.29, 0.717) is 4.83 Å². The smallest absolute Gasteiger partial charge is 0.121 e. The second-order valence-electron chi connectivity index (χ2n) is 5.47. The molecule has 2 aliphatic rings. The molecule has 1 nitrogen and oxygen atoms in total. The highest BCUT2D eigenvalue weighted by molar-refractivity contribution is 9.09. The minimum atomic E-state index is 0.544. The van der Waals surface area contributed by atoms with E-state index in [4.69, 9.17) is 4.74 Å². The van der Waals surface area contributed by atoms with Crippen molar-refractivity contribution in [3.8, 4) is 5.75 Å². The van der Waals surface area contributed by atoms with Gasteiger partial charge in [-0.2, -0.15) is 0 Å². The van der Waals surface area contributed by atoms with Gasteiger partial charge in [0.2, 0.25) is 0 Å². The summed E-state index contributed by atoms with van der Waals surface area (Å²) < 4.78 is 5.32. The molecule has 0 bridgehead atoms. The van der Waals surface area contributed by atoms with Crippen LogP contribution in [0.25, 0.3) is 0 Å². The number of halogens is 1. The van der Waals surface area contributed by atoms with Crippen LogP contribution in [0.15, 0.2) is 18.2 Å². The topological polar surface area (TPSA) is 9.23 Å². The maximum absolute atomic E-state index is 5.32. The second-order valence-corrected chi connectivity index (χ2v) is 6.45. The largest absolute Gasteiger partial charge is 0.496 e. The van der Waals surface area contributed by atoms with E-state index in [0.717, 1.165) is 23.5 Å². The molecule has 0 spiro atoms. The second kappa shape index (κ2) is 4.31. The number of aryl methyl sites for hydroxylation is 1. The average molecular weight is 295 g/mol. The maximum atomic E-state index is 5.32. The summed E-state index contributed by atoms with van der Waals surface area (Å²) in [7, 11) is 1.74. The molecular weight excluding hydrogens is 276 g/mol. The summed E-state index contributed by atoms with van der Waals surface area (Å²) in [6, 6.07) is 6.57. The molecule has 0 heterocycles. The third kappa shape index (κ3) is 1.91. The summed E-state index contributed by atoms with van der Waals surface area (Å²) in [5, 5.41) is 0. The molecule has 0 aliphatic heterocycles. The predicted molar refractivity (Wildman–Crippen MR) is 73.7 cm³/mol. The molecule has 0 amide bonds. The Morgan fingerprint density at radius 3 is 2.59 bits per heavy atom. The summed E-state index contributed by atoms with van der Waals surface area (Å²) in [5.41, 5.74) is 2.66. The van der Waals surface area contributed by atoms with Crippen LogP contribution in [0.5, 0.6) is 5.75 Å². The average Bonchev–Trinajstić information content (AvgIpc) is 2.81. The molecule has 2 saturated carbocycles. The van der Waals surface area contributed by atoms with E-state index in [2.05, 4.69) is 41.1 Å². The first-order valence-electron chi connectivity index (χ1n) is 6.51. The highest BCUT2D eigenvalue weighted by atomic mass is 79.9. The van der Waals surface area contributed by atoms with Gasteiger partial charge in [-0.1, -0.05) is 34.5 Å². The number of alkyl halides is 1. The predicted octanol–water partition coefficient (Wildman–Crippen LogP) is 4.49. The highest BCUT2D eigenvalue weighted by Crippen LogP contribution is 2.64. The van der Waals surface area contributed by atoms with E-state index in [9.17, 15) is 0 Å². The zero-order valence-electron chi connectivity index (χ0n) is 10.4. The Bertz CT molecular complexity index is 419. The lowest BCUT2D eigenvalue weighted by Gasteiger charge is -2.14. The standard InChI is InChI=1S/C15H19BrO/c1-9-8-10(6-7-13(9)17-2)15(16)14-11-4-3-5-12(11)14/h6-8,11-12,14-15H,3-5H2,1-2H3. The Hall–Kier alpha value is -0.500. The Balaban J connectivity index is 1.78. The number of hydrogen-bond donors (Lipinski definition) is 0. The highest BCUT2D eigenvalue weighted by Gasteiger charge is 2.55. The molecule has 1 aromatic rings. The number of hydrogen-bond acceptors (Lipinski definition) is 1. The Morgan fingerprint density at radius 2 is 2.00 bits per heavy atom. The fourth-order valence-corrected chi connectivity index (χ4v) is 4.68. The molecule has 2 fully saturated rings. The van der Waals surface area contributed by atoms with Crippen molar-refractivity contribution in [2.45, 2.75) is 31.0 Å². The summed E-state index contributed by atoms with van der Waals surface area (Å²) in [6.07, 6.45) is 4.35. The number of rotatable bonds is 3. The van der Waals surface area contributed by atoms with E-state index >= 15 is 0 Å². The molecule has 92 valence electrons. The summed E-state index contributed by atoms with van der Waals surface area (Å²) in [6.45, 7) is 2.12. The van der Waals surface area contributed by atoms with Crippen LogP contribution in [-0.2, 0) is 0 Å². The van der Waals surface area contributed by atoms with Crippen molar-refractivity contribution in [3.05, 3.63) is 29.3 Å². The molecule has 2 aliphatic carbocycles. The van der Waals surface area contributed by atoms with Gasteiger partial charge >= 0.3 is 0 Å². The Morgan fingerprint density at radius 1 is 1.29 bits per heavy atom. The first-order chi connectivity index (χ1) is 8.22. The monoisotopic (exact) mass is 294 g/mol. The summed E-state index contributed by atoms with van der Waals surface area (Å²) in [5.74, 6) is 3.88. The maximum Gasteiger partial charge on any atom is 0.121 e. The van der Waals surface area contributed by atoms with Gasteiger partial charge in [-0.3, -0.25) is 0 Å². The van der Waals surface area contributed by atoms with Crippen LogP contribution in [0.3, 0.4) is 0 Å². The molecule has 3 rings (SSSR count). The molecule has 0 aromatic heterocycles. The minimum Gasteiger partial charge on any atom is -0.496 e. The molecule has 0 N–H and O–H groups in total. The molecule has 3 unspecified atom stereocenters. The first-order valence-corrected chi connectivity index (χ1v) is 7.42. The van der Waals surface area contributed by atoms with Gasteiger partial charge in [-0.25, -0.2) is 0 Å². The van der Waals surface area contributed by atoms with Gasteiger partial charge < -0.3 is 4.74 Å². The van der Waals surface area contributed by atoms with Crippen LogP contribution < -0.4 is 4.74 Å². The Kier molecular flexibility index (Phi) is 2.94. The van der Waals surface area contributed by atoms with Crippen LogP contribution in [0.4, 0.5) is 0 Å². The fraction of sp³-hybridized carbons (Fsp3) is 0.600. The van der Waals surface area contributed by atoms with Crippen LogP contribution in [0.2, 0.25) is 0 Å². The van der Waals surface area contributed by atoms with Gasteiger partial charge in [0.05, 0.1) is 7.11 Å². The molecule has 0 radical (unpaired) electrons. The van der Waals surface area contributed by atoms with Crippen LogP contribution >= 0.6 is 15.9 Å². The number of ether oxygens (including phenoxy) is 1. The molecule has 3 atom stereocenters. The van der Waals surface area contributed by atoms with E-state index in [1.54, 1.807) is 7.11 Å². The summed E-state index contributed by atoms with van der Waals surface area (Å²) >= 11 is 3.91. The van der Waals surface area contributed by atoms with Crippen molar-refractivity contribution in [2.24, 2.45) is 17.8 Å². The first kappa shape index (κ1) is 11.6. The lowest BCUT2D eigenvalue weighted by molar-refractivity contribution is 0.411. The van der Waals surface area contributed by atoms with Crippen molar-refractivity contribution < 1.29 is 4.74 Å². The van der Waals surface area contributed by atoms with Crippen molar-refractivity contribution in [1.29, 1.82) is 0 Å². The SMILES string of the molecule is COc1ccc(C(Br)C2C3CCCC32)cc1C. The Labute approximate surface area is 112 Å². The van der Waals surface area contributed by atoms with E-state index in [1.807, 2.05) is 0 Å². The third-order valence-electron chi connectivity index (χ3n) is 4.55. The van der Waals surface area contributed by atoms with Gasteiger partial charge in [0.1, 0.15) is 5.75 Å². The lowest BCUT2D eigenvalue weighted by Crippen LogP contribution is -1.99.